The Hall–Kier alpha value is -3.02. The van der Waals surface area contributed by atoms with Gasteiger partial charge in [-0.05, 0) is 42.8 Å². The van der Waals surface area contributed by atoms with Gasteiger partial charge in [0.25, 0.3) is 5.91 Å². The second kappa shape index (κ2) is 7.25. The fourth-order valence-corrected chi connectivity index (χ4v) is 2.51. The summed E-state index contributed by atoms with van der Waals surface area (Å²) in [5.41, 5.74) is 1.74. The number of aliphatic carboxylic acids is 1. The number of carboxylic acid groups (broad SMARTS) is 1. The normalized spacial score (nSPS) is 14.3. The van der Waals surface area contributed by atoms with E-state index in [4.69, 9.17) is 14.6 Å². The van der Waals surface area contributed by atoms with E-state index in [2.05, 4.69) is 5.32 Å². The maximum Gasteiger partial charge on any atom is 0.310 e. The minimum atomic E-state index is -0.885. The largest absolute Gasteiger partial charge is 0.490 e. The molecule has 0 fully saturated rings. The fraction of sp³-hybridized carbons (Fsp3) is 0.263. The lowest BCUT2D eigenvalue weighted by atomic mass is 10.0. The van der Waals surface area contributed by atoms with Gasteiger partial charge in [0.2, 0.25) is 0 Å². The Morgan fingerprint density at radius 3 is 2.40 bits per heavy atom. The molecule has 130 valence electrons. The van der Waals surface area contributed by atoms with Gasteiger partial charge in [-0.2, -0.15) is 0 Å². The summed E-state index contributed by atoms with van der Waals surface area (Å²) in [7, 11) is 0. The number of benzene rings is 2. The lowest BCUT2D eigenvalue weighted by Crippen LogP contribution is -2.12. The van der Waals surface area contributed by atoms with Crippen LogP contribution in [0.2, 0.25) is 0 Å². The molecule has 2 aromatic carbocycles. The van der Waals surface area contributed by atoms with Gasteiger partial charge in [-0.25, -0.2) is 0 Å². The standard InChI is InChI=1S/C19H19NO5/c1-12(19(22)23)13-3-6-15(7-4-13)20-18(21)14-5-8-16-17(11-14)25-10-2-9-24-16/h3-8,11-12H,2,9-10H2,1H3,(H,20,21)(H,22,23). The van der Waals surface area contributed by atoms with Crippen LogP contribution in [0.15, 0.2) is 42.5 Å². The molecule has 1 unspecified atom stereocenters. The molecule has 0 aliphatic carbocycles. The van der Waals surface area contributed by atoms with Crippen molar-refractivity contribution in [1.29, 1.82) is 0 Å². The first kappa shape index (κ1) is 16.8. The molecule has 2 aromatic rings. The highest BCUT2D eigenvalue weighted by atomic mass is 16.5. The number of carbonyl (C=O) groups excluding carboxylic acids is 1. The van der Waals surface area contributed by atoms with Gasteiger partial charge in [-0.3, -0.25) is 9.59 Å². The van der Waals surface area contributed by atoms with Crippen LogP contribution in [0.25, 0.3) is 0 Å². The minimum absolute atomic E-state index is 0.269. The van der Waals surface area contributed by atoms with Crippen LogP contribution >= 0.6 is 0 Å². The zero-order valence-electron chi connectivity index (χ0n) is 13.8. The van der Waals surface area contributed by atoms with E-state index in [0.29, 0.717) is 41.5 Å². The summed E-state index contributed by atoms with van der Waals surface area (Å²) < 4.78 is 11.1. The molecular formula is C19H19NO5. The van der Waals surface area contributed by atoms with E-state index in [-0.39, 0.29) is 5.91 Å². The van der Waals surface area contributed by atoms with Crippen LogP contribution in [-0.2, 0) is 4.79 Å². The molecule has 1 atom stereocenters. The van der Waals surface area contributed by atoms with Gasteiger partial charge < -0.3 is 19.9 Å². The Balaban J connectivity index is 1.72. The quantitative estimate of drug-likeness (QED) is 0.891. The van der Waals surface area contributed by atoms with E-state index in [1.54, 1.807) is 49.4 Å². The van der Waals surface area contributed by atoms with E-state index >= 15 is 0 Å². The second-order valence-electron chi connectivity index (χ2n) is 5.85. The highest BCUT2D eigenvalue weighted by Gasteiger charge is 2.15. The Labute approximate surface area is 145 Å². The van der Waals surface area contributed by atoms with Gasteiger partial charge in [-0.15, -0.1) is 0 Å². The van der Waals surface area contributed by atoms with Gasteiger partial charge in [-0.1, -0.05) is 12.1 Å². The van der Waals surface area contributed by atoms with Crippen LogP contribution in [-0.4, -0.2) is 30.2 Å². The zero-order valence-corrected chi connectivity index (χ0v) is 13.8. The van der Waals surface area contributed by atoms with Crippen molar-refractivity contribution in [3.8, 4) is 11.5 Å². The van der Waals surface area contributed by atoms with Gasteiger partial charge in [0.15, 0.2) is 11.5 Å². The molecule has 0 bridgehead atoms. The molecule has 2 N–H and O–H groups in total. The first-order valence-electron chi connectivity index (χ1n) is 8.08. The van der Waals surface area contributed by atoms with Crippen LogP contribution in [0.5, 0.6) is 11.5 Å². The molecule has 0 aromatic heterocycles. The number of fused-ring (bicyclic) bond motifs is 1. The molecule has 1 amide bonds. The molecule has 1 aliphatic heterocycles. The summed E-state index contributed by atoms with van der Waals surface area (Å²) >= 11 is 0. The fourth-order valence-electron chi connectivity index (χ4n) is 2.51. The molecule has 0 saturated heterocycles. The molecule has 6 heteroatoms. The van der Waals surface area contributed by atoms with Crippen molar-refractivity contribution >= 4 is 17.6 Å². The van der Waals surface area contributed by atoms with Gasteiger partial charge >= 0.3 is 5.97 Å². The Bertz CT molecular complexity index is 785. The number of rotatable bonds is 4. The van der Waals surface area contributed by atoms with Crippen LogP contribution in [0.4, 0.5) is 5.69 Å². The Morgan fingerprint density at radius 1 is 1.04 bits per heavy atom. The van der Waals surface area contributed by atoms with Crippen molar-refractivity contribution in [2.75, 3.05) is 18.5 Å². The third-order valence-electron chi connectivity index (χ3n) is 4.05. The summed E-state index contributed by atoms with van der Waals surface area (Å²) in [6.45, 7) is 2.77. The Kier molecular flexibility index (Phi) is 4.88. The SMILES string of the molecule is CC(C(=O)O)c1ccc(NC(=O)c2ccc3c(c2)OCCCO3)cc1. The number of ether oxygens (including phenoxy) is 2. The van der Waals surface area contributed by atoms with E-state index < -0.39 is 11.9 Å². The molecule has 1 heterocycles. The lowest BCUT2D eigenvalue weighted by Gasteiger charge is -2.11. The molecule has 0 spiro atoms. The highest BCUT2D eigenvalue weighted by Crippen LogP contribution is 2.30. The van der Waals surface area contributed by atoms with Crippen LogP contribution in [0.3, 0.4) is 0 Å². The number of carboxylic acids is 1. The van der Waals surface area contributed by atoms with Crippen LogP contribution < -0.4 is 14.8 Å². The second-order valence-corrected chi connectivity index (χ2v) is 5.85. The number of hydrogen-bond donors (Lipinski definition) is 2. The average Bonchev–Trinajstić information content (AvgIpc) is 2.86. The number of amides is 1. The van der Waals surface area contributed by atoms with Gasteiger partial charge in [0.05, 0.1) is 19.1 Å². The predicted molar refractivity (Wildman–Crippen MR) is 92.5 cm³/mol. The first-order valence-corrected chi connectivity index (χ1v) is 8.08. The molecule has 25 heavy (non-hydrogen) atoms. The maximum absolute atomic E-state index is 12.4. The van der Waals surface area contributed by atoms with Crippen molar-refractivity contribution in [2.24, 2.45) is 0 Å². The molecule has 0 saturated carbocycles. The third-order valence-corrected chi connectivity index (χ3v) is 4.05. The van der Waals surface area contributed by atoms with Crippen molar-refractivity contribution in [3.05, 3.63) is 53.6 Å². The Morgan fingerprint density at radius 2 is 1.72 bits per heavy atom. The number of nitrogens with one attached hydrogen (secondary N) is 1. The first-order chi connectivity index (χ1) is 12.0. The topological polar surface area (TPSA) is 84.9 Å². The molecule has 3 rings (SSSR count). The molecular weight excluding hydrogens is 322 g/mol. The number of hydrogen-bond acceptors (Lipinski definition) is 4. The summed E-state index contributed by atoms with van der Waals surface area (Å²) in [5.74, 6) is -0.540. The lowest BCUT2D eigenvalue weighted by molar-refractivity contribution is -0.138. The van der Waals surface area contributed by atoms with Crippen molar-refractivity contribution < 1.29 is 24.2 Å². The maximum atomic E-state index is 12.4. The van der Waals surface area contributed by atoms with Crippen LogP contribution in [0.1, 0.15) is 35.2 Å². The summed E-state index contributed by atoms with van der Waals surface area (Å²) in [4.78, 5) is 23.4. The number of carbonyl (C=O) groups is 2. The van der Waals surface area contributed by atoms with E-state index in [1.165, 1.54) is 0 Å². The van der Waals surface area contributed by atoms with Crippen molar-refractivity contribution in [2.45, 2.75) is 19.3 Å². The monoisotopic (exact) mass is 341 g/mol. The average molecular weight is 341 g/mol. The highest BCUT2D eigenvalue weighted by molar-refractivity contribution is 6.04. The van der Waals surface area contributed by atoms with Gasteiger partial charge in [0.1, 0.15) is 0 Å². The summed E-state index contributed by atoms with van der Waals surface area (Å²) in [6.07, 6.45) is 0.803. The predicted octanol–water partition coefficient (Wildman–Crippen LogP) is 3.29. The molecule has 0 radical (unpaired) electrons. The van der Waals surface area contributed by atoms with Crippen molar-refractivity contribution in [1.82, 2.24) is 0 Å². The summed E-state index contributed by atoms with van der Waals surface area (Å²) in [5, 5.41) is 11.8. The minimum Gasteiger partial charge on any atom is -0.490 e. The van der Waals surface area contributed by atoms with Crippen LogP contribution in [0, 0.1) is 0 Å². The van der Waals surface area contributed by atoms with E-state index in [1.807, 2.05) is 0 Å². The molecule has 6 nitrogen and oxygen atoms in total. The smallest absolute Gasteiger partial charge is 0.310 e. The third kappa shape index (κ3) is 3.91. The number of anilines is 1. The molecule has 1 aliphatic rings. The zero-order chi connectivity index (χ0) is 17.8. The van der Waals surface area contributed by atoms with E-state index in [0.717, 1.165) is 6.42 Å². The van der Waals surface area contributed by atoms with Gasteiger partial charge in [0, 0.05) is 17.7 Å². The van der Waals surface area contributed by atoms with E-state index in [9.17, 15) is 9.59 Å². The summed E-state index contributed by atoms with van der Waals surface area (Å²) in [6, 6.07) is 11.9. The van der Waals surface area contributed by atoms with Crippen molar-refractivity contribution in [3.63, 3.8) is 0 Å².